The third-order valence-electron chi connectivity index (χ3n) is 6.36. The summed E-state index contributed by atoms with van der Waals surface area (Å²) in [5.41, 5.74) is 7.47. The van der Waals surface area contributed by atoms with Crippen LogP contribution >= 0.6 is 12.4 Å². The molecule has 146 valence electrons. The summed E-state index contributed by atoms with van der Waals surface area (Å²) in [5.74, 6) is 2.26. The van der Waals surface area contributed by atoms with Crippen LogP contribution in [-0.2, 0) is 11.3 Å². The Balaban J connectivity index is 0.00000210. The molecule has 5 heteroatoms. The van der Waals surface area contributed by atoms with Crippen LogP contribution in [0.1, 0.15) is 37.7 Å². The number of halogens is 1. The molecular weight excluding hydrogens is 360 g/mol. The second-order valence-electron chi connectivity index (χ2n) is 7.96. The van der Waals surface area contributed by atoms with E-state index in [4.69, 9.17) is 10.5 Å². The maximum Gasteiger partial charge on any atom is 0.223 e. The normalized spacial score (nSPS) is 26.9. The Bertz CT molecular complexity index is 796. The van der Waals surface area contributed by atoms with Gasteiger partial charge in [0.05, 0.1) is 7.11 Å². The lowest BCUT2D eigenvalue weighted by atomic mass is 9.65. The third kappa shape index (κ3) is 4.22. The Kier molecular flexibility index (Phi) is 6.28. The van der Waals surface area contributed by atoms with Crippen molar-refractivity contribution in [3.05, 3.63) is 42.0 Å². The molecule has 2 aromatic rings. The predicted molar refractivity (Wildman–Crippen MR) is 111 cm³/mol. The summed E-state index contributed by atoms with van der Waals surface area (Å²) in [6, 6.07) is 12.7. The van der Waals surface area contributed by atoms with Crippen molar-refractivity contribution in [1.82, 2.24) is 5.32 Å². The van der Waals surface area contributed by atoms with E-state index in [0.717, 1.165) is 34.9 Å². The van der Waals surface area contributed by atoms with Gasteiger partial charge in [0.1, 0.15) is 5.75 Å². The molecular formula is C22H29ClN2O2. The van der Waals surface area contributed by atoms with Crippen LogP contribution in [0.15, 0.2) is 36.4 Å². The topological polar surface area (TPSA) is 64.3 Å². The molecule has 1 amide bonds. The molecule has 2 fully saturated rings. The van der Waals surface area contributed by atoms with E-state index in [0.29, 0.717) is 24.4 Å². The third-order valence-corrected chi connectivity index (χ3v) is 6.36. The van der Waals surface area contributed by atoms with Gasteiger partial charge in [-0.2, -0.15) is 0 Å². The molecule has 0 spiro atoms. The average Bonchev–Trinajstić information content (AvgIpc) is 2.65. The summed E-state index contributed by atoms with van der Waals surface area (Å²) in [6.45, 7) is 0.582. The van der Waals surface area contributed by atoms with Gasteiger partial charge in [0, 0.05) is 18.5 Å². The number of nitrogens with one attached hydrogen (secondary N) is 1. The molecule has 0 heterocycles. The minimum atomic E-state index is 0. The Labute approximate surface area is 167 Å². The van der Waals surface area contributed by atoms with E-state index in [1.807, 2.05) is 12.1 Å². The largest absolute Gasteiger partial charge is 0.497 e. The summed E-state index contributed by atoms with van der Waals surface area (Å²) < 4.78 is 5.27. The lowest BCUT2D eigenvalue weighted by Gasteiger charge is -2.43. The van der Waals surface area contributed by atoms with Gasteiger partial charge in [-0.05, 0) is 72.1 Å². The highest BCUT2D eigenvalue weighted by atomic mass is 35.5. The van der Waals surface area contributed by atoms with Crippen molar-refractivity contribution in [2.24, 2.45) is 23.5 Å². The quantitative estimate of drug-likeness (QED) is 0.830. The van der Waals surface area contributed by atoms with E-state index in [-0.39, 0.29) is 24.2 Å². The van der Waals surface area contributed by atoms with Gasteiger partial charge in [-0.3, -0.25) is 4.79 Å². The van der Waals surface area contributed by atoms with Gasteiger partial charge in [0.15, 0.2) is 0 Å². The molecule has 2 unspecified atom stereocenters. The second kappa shape index (κ2) is 8.49. The van der Waals surface area contributed by atoms with Crippen LogP contribution in [0.25, 0.3) is 10.8 Å². The fourth-order valence-electron chi connectivity index (χ4n) is 4.85. The molecule has 4 nitrogen and oxygen atoms in total. The van der Waals surface area contributed by atoms with Gasteiger partial charge in [-0.15, -0.1) is 12.4 Å². The van der Waals surface area contributed by atoms with Gasteiger partial charge in [0.25, 0.3) is 0 Å². The Morgan fingerprint density at radius 1 is 1.11 bits per heavy atom. The molecule has 2 aliphatic rings. The Hall–Kier alpha value is -1.78. The number of methoxy groups -OCH3 is 1. The van der Waals surface area contributed by atoms with Crippen LogP contribution in [-0.4, -0.2) is 19.1 Å². The number of nitrogens with two attached hydrogens (primary N) is 1. The number of carbonyl (C=O) groups is 1. The summed E-state index contributed by atoms with van der Waals surface area (Å²) in [5, 5.41) is 5.47. The Morgan fingerprint density at radius 3 is 2.48 bits per heavy atom. The number of hydrogen-bond acceptors (Lipinski definition) is 3. The molecule has 3 N–H and O–H groups in total. The lowest BCUT2D eigenvalue weighted by Crippen LogP contribution is -2.49. The van der Waals surface area contributed by atoms with Crippen molar-refractivity contribution < 1.29 is 9.53 Å². The number of carbonyl (C=O) groups excluding carboxylic acids is 1. The summed E-state index contributed by atoms with van der Waals surface area (Å²) >= 11 is 0. The molecule has 2 bridgehead atoms. The molecule has 2 aromatic carbocycles. The molecule has 2 atom stereocenters. The van der Waals surface area contributed by atoms with E-state index < -0.39 is 0 Å². The molecule has 27 heavy (non-hydrogen) atoms. The van der Waals surface area contributed by atoms with Crippen LogP contribution in [0, 0.1) is 17.8 Å². The zero-order valence-corrected chi connectivity index (χ0v) is 16.6. The fourth-order valence-corrected chi connectivity index (χ4v) is 4.85. The van der Waals surface area contributed by atoms with E-state index in [1.54, 1.807) is 7.11 Å². The zero-order valence-electron chi connectivity index (χ0n) is 15.8. The molecule has 2 saturated carbocycles. The second-order valence-corrected chi connectivity index (χ2v) is 7.96. The monoisotopic (exact) mass is 388 g/mol. The first-order chi connectivity index (χ1) is 12.6. The molecule has 0 radical (unpaired) electrons. The number of rotatable bonds is 4. The minimum absolute atomic E-state index is 0. The molecule has 0 saturated heterocycles. The van der Waals surface area contributed by atoms with Crippen LogP contribution < -0.4 is 15.8 Å². The summed E-state index contributed by atoms with van der Waals surface area (Å²) in [6.07, 6.45) is 5.58. The van der Waals surface area contributed by atoms with Gasteiger partial charge in [0.2, 0.25) is 5.91 Å². The molecule has 0 aromatic heterocycles. The number of amides is 1. The summed E-state index contributed by atoms with van der Waals surface area (Å²) in [7, 11) is 1.68. The van der Waals surface area contributed by atoms with Crippen molar-refractivity contribution in [1.29, 1.82) is 0 Å². The van der Waals surface area contributed by atoms with Gasteiger partial charge < -0.3 is 15.8 Å². The lowest BCUT2D eigenvalue weighted by molar-refractivity contribution is -0.128. The highest BCUT2D eigenvalue weighted by molar-refractivity contribution is 5.85. The average molecular weight is 389 g/mol. The van der Waals surface area contributed by atoms with Crippen LogP contribution in [0.3, 0.4) is 0 Å². The number of ether oxygens (including phenoxy) is 1. The van der Waals surface area contributed by atoms with E-state index in [9.17, 15) is 4.79 Å². The first kappa shape index (κ1) is 20.0. The highest BCUT2D eigenvalue weighted by Crippen LogP contribution is 2.41. The van der Waals surface area contributed by atoms with Crippen molar-refractivity contribution in [2.75, 3.05) is 7.11 Å². The Morgan fingerprint density at radius 2 is 1.78 bits per heavy atom. The highest BCUT2D eigenvalue weighted by Gasteiger charge is 2.40. The maximum atomic E-state index is 12.7. The maximum absolute atomic E-state index is 12.7. The van der Waals surface area contributed by atoms with Crippen LogP contribution in [0.4, 0.5) is 0 Å². The standard InChI is InChI=1S/C22H28N2O2.ClH/c1-26-20-8-7-15-9-14(5-6-16(15)12-20)13-24-22(25)19-10-17-3-2-4-18(11-19)21(17)23;/h5-9,12,17-19,21H,2-4,10-11,13,23H2,1H3,(H,24,25);1H. The molecule has 0 aliphatic heterocycles. The van der Waals surface area contributed by atoms with Crippen LogP contribution in [0.2, 0.25) is 0 Å². The van der Waals surface area contributed by atoms with Crippen molar-refractivity contribution in [3.8, 4) is 5.75 Å². The number of benzene rings is 2. The predicted octanol–water partition coefficient (Wildman–Crippen LogP) is 4.04. The first-order valence-electron chi connectivity index (χ1n) is 9.74. The SMILES string of the molecule is COc1ccc2cc(CNC(=O)C3CC4CCCC(C3)C4N)ccc2c1.Cl. The number of fused-ring (bicyclic) bond motifs is 3. The van der Waals surface area contributed by atoms with Gasteiger partial charge in [-0.25, -0.2) is 0 Å². The fraction of sp³-hybridized carbons (Fsp3) is 0.500. The zero-order chi connectivity index (χ0) is 18.1. The minimum Gasteiger partial charge on any atom is -0.497 e. The van der Waals surface area contributed by atoms with Crippen molar-refractivity contribution >= 4 is 29.1 Å². The first-order valence-corrected chi connectivity index (χ1v) is 9.74. The summed E-state index contributed by atoms with van der Waals surface area (Å²) in [4.78, 5) is 12.7. The van der Waals surface area contributed by atoms with E-state index in [2.05, 4.69) is 29.6 Å². The van der Waals surface area contributed by atoms with E-state index >= 15 is 0 Å². The van der Waals surface area contributed by atoms with Crippen molar-refractivity contribution in [2.45, 2.75) is 44.7 Å². The molecule has 2 aliphatic carbocycles. The van der Waals surface area contributed by atoms with E-state index in [1.165, 1.54) is 19.3 Å². The van der Waals surface area contributed by atoms with Crippen molar-refractivity contribution in [3.63, 3.8) is 0 Å². The van der Waals surface area contributed by atoms with Gasteiger partial charge in [-0.1, -0.05) is 24.6 Å². The smallest absolute Gasteiger partial charge is 0.223 e. The van der Waals surface area contributed by atoms with Crippen LogP contribution in [0.5, 0.6) is 5.75 Å². The number of hydrogen-bond donors (Lipinski definition) is 2. The molecule has 4 rings (SSSR count). The van der Waals surface area contributed by atoms with Gasteiger partial charge >= 0.3 is 0 Å².